The Bertz CT molecular complexity index is 474. The van der Waals surface area contributed by atoms with Gasteiger partial charge in [0.15, 0.2) is 0 Å². The number of hydrogen-bond donors (Lipinski definition) is 2. The smallest absolute Gasteiger partial charge is 0.407 e. The van der Waals surface area contributed by atoms with Gasteiger partial charge in [0.05, 0.1) is 6.42 Å². The van der Waals surface area contributed by atoms with Crippen molar-refractivity contribution in [2.45, 2.75) is 44.8 Å². The molecule has 2 atom stereocenters. The lowest BCUT2D eigenvalue weighted by atomic mass is 9.82. The molecule has 0 unspecified atom stereocenters. The number of aliphatic carboxylic acids is 1. The van der Waals surface area contributed by atoms with Gasteiger partial charge in [0.2, 0.25) is 0 Å². The van der Waals surface area contributed by atoms with Crippen LogP contribution in [0.3, 0.4) is 0 Å². The molecule has 0 saturated heterocycles. The zero-order chi connectivity index (χ0) is 15.1. The molecule has 114 valence electrons. The molecule has 2 N–H and O–H groups in total. The van der Waals surface area contributed by atoms with E-state index in [-0.39, 0.29) is 25.0 Å². The Morgan fingerprint density at radius 2 is 1.90 bits per heavy atom. The number of benzene rings is 1. The van der Waals surface area contributed by atoms with E-state index < -0.39 is 12.1 Å². The average Bonchev–Trinajstić information content (AvgIpc) is 2.48. The van der Waals surface area contributed by atoms with E-state index in [1.807, 2.05) is 30.3 Å². The van der Waals surface area contributed by atoms with Crippen molar-refractivity contribution in [3.63, 3.8) is 0 Å². The fourth-order valence-corrected chi connectivity index (χ4v) is 2.78. The third kappa shape index (κ3) is 5.10. The average molecular weight is 291 g/mol. The maximum absolute atomic E-state index is 11.8. The van der Waals surface area contributed by atoms with Gasteiger partial charge >= 0.3 is 12.1 Å². The molecule has 1 aliphatic rings. The number of carboxylic acid groups (broad SMARTS) is 1. The summed E-state index contributed by atoms with van der Waals surface area (Å²) >= 11 is 0. The van der Waals surface area contributed by atoms with E-state index in [2.05, 4.69) is 5.32 Å². The number of ether oxygens (including phenoxy) is 1. The Balaban J connectivity index is 1.81. The number of carboxylic acids is 1. The molecule has 5 heteroatoms. The van der Waals surface area contributed by atoms with Crippen molar-refractivity contribution in [1.82, 2.24) is 5.32 Å². The van der Waals surface area contributed by atoms with Crippen LogP contribution in [0.25, 0.3) is 0 Å². The summed E-state index contributed by atoms with van der Waals surface area (Å²) in [5.41, 5.74) is 0.929. The summed E-state index contributed by atoms with van der Waals surface area (Å²) in [5, 5.41) is 11.7. The molecular weight excluding hydrogens is 270 g/mol. The molecule has 0 bridgehead atoms. The van der Waals surface area contributed by atoms with Gasteiger partial charge in [-0.05, 0) is 24.3 Å². The SMILES string of the molecule is O=C(O)C[C@@H]1CCCC[C@@H]1NC(=O)OCc1ccccc1. The number of nitrogens with one attached hydrogen (secondary N) is 1. The first kappa shape index (κ1) is 15.4. The summed E-state index contributed by atoms with van der Waals surface area (Å²) in [5.74, 6) is -0.813. The highest BCUT2D eigenvalue weighted by Gasteiger charge is 2.28. The Hall–Kier alpha value is -2.04. The molecule has 5 nitrogen and oxygen atoms in total. The predicted molar refractivity (Wildman–Crippen MR) is 77.8 cm³/mol. The normalized spacial score (nSPS) is 21.5. The molecule has 1 aliphatic carbocycles. The molecule has 0 aliphatic heterocycles. The molecule has 0 heterocycles. The molecule has 1 aromatic rings. The van der Waals surface area contributed by atoms with Gasteiger partial charge in [-0.25, -0.2) is 4.79 Å². The minimum absolute atomic E-state index is 0.000486. The van der Waals surface area contributed by atoms with E-state index in [1.54, 1.807) is 0 Å². The van der Waals surface area contributed by atoms with E-state index in [4.69, 9.17) is 9.84 Å². The van der Waals surface area contributed by atoms with Crippen molar-refractivity contribution in [3.05, 3.63) is 35.9 Å². The van der Waals surface area contributed by atoms with E-state index in [9.17, 15) is 9.59 Å². The highest BCUT2D eigenvalue weighted by Crippen LogP contribution is 2.27. The number of hydrogen-bond acceptors (Lipinski definition) is 3. The van der Waals surface area contributed by atoms with E-state index in [1.165, 1.54) is 0 Å². The van der Waals surface area contributed by atoms with Gasteiger partial charge in [-0.1, -0.05) is 43.2 Å². The van der Waals surface area contributed by atoms with Gasteiger partial charge in [0, 0.05) is 6.04 Å². The van der Waals surface area contributed by atoms with E-state index >= 15 is 0 Å². The van der Waals surface area contributed by atoms with Crippen LogP contribution in [0, 0.1) is 5.92 Å². The monoisotopic (exact) mass is 291 g/mol. The second-order valence-electron chi connectivity index (χ2n) is 5.45. The number of carbonyl (C=O) groups excluding carboxylic acids is 1. The quantitative estimate of drug-likeness (QED) is 0.874. The van der Waals surface area contributed by atoms with Crippen molar-refractivity contribution < 1.29 is 19.4 Å². The molecule has 1 fully saturated rings. The van der Waals surface area contributed by atoms with Gasteiger partial charge in [-0.2, -0.15) is 0 Å². The summed E-state index contributed by atoms with van der Waals surface area (Å²) in [6.07, 6.45) is 3.33. The van der Waals surface area contributed by atoms with Crippen LogP contribution in [0.2, 0.25) is 0 Å². The standard InChI is InChI=1S/C16H21NO4/c18-15(19)10-13-8-4-5-9-14(13)17-16(20)21-11-12-6-2-1-3-7-12/h1-3,6-7,13-14H,4-5,8-11H2,(H,17,20)(H,18,19)/t13-,14-/m0/s1. The summed E-state index contributed by atoms with van der Waals surface area (Å²) < 4.78 is 5.19. The Kier molecular flexibility index (Phi) is 5.60. The molecule has 2 rings (SSSR count). The van der Waals surface area contributed by atoms with Crippen LogP contribution >= 0.6 is 0 Å². The minimum atomic E-state index is -0.814. The predicted octanol–water partition coefficient (Wildman–Crippen LogP) is 2.95. The van der Waals surface area contributed by atoms with E-state index in [0.29, 0.717) is 0 Å². The molecule has 1 amide bonds. The number of rotatable bonds is 5. The molecule has 0 spiro atoms. The largest absolute Gasteiger partial charge is 0.481 e. The second kappa shape index (κ2) is 7.67. The molecule has 0 aromatic heterocycles. The van der Waals surface area contributed by atoms with Crippen LogP contribution in [0.15, 0.2) is 30.3 Å². The first-order valence-corrected chi connectivity index (χ1v) is 7.34. The third-order valence-corrected chi connectivity index (χ3v) is 3.86. The van der Waals surface area contributed by atoms with Gasteiger partial charge in [-0.15, -0.1) is 0 Å². The molecule has 0 radical (unpaired) electrons. The zero-order valence-electron chi connectivity index (χ0n) is 12.0. The van der Waals surface area contributed by atoms with Gasteiger partial charge < -0.3 is 15.2 Å². The van der Waals surface area contributed by atoms with Gasteiger partial charge in [0.1, 0.15) is 6.61 Å². The van der Waals surface area contributed by atoms with Crippen molar-refractivity contribution in [2.75, 3.05) is 0 Å². The van der Waals surface area contributed by atoms with Crippen molar-refractivity contribution >= 4 is 12.1 Å². The maximum Gasteiger partial charge on any atom is 0.407 e. The lowest BCUT2D eigenvalue weighted by Gasteiger charge is -2.30. The molecule has 21 heavy (non-hydrogen) atoms. The maximum atomic E-state index is 11.8. The summed E-state index contributed by atoms with van der Waals surface area (Å²) in [6, 6.07) is 9.36. The lowest BCUT2D eigenvalue weighted by Crippen LogP contribution is -2.43. The Labute approximate surface area is 124 Å². The van der Waals surface area contributed by atoms with Crippen molar-refractivity contribution in [1.29, 1.82) is 0 Å². The fraction of sp³-hybridized carbons (Fsp3) is 0.500. The highest BCUT2D eigenvalue weighted by molar-refractivity contribution is 5.69. The number of alkyl carbamates (subject to hydrolysis) is 1. The van der Waals surface area contributed by atoms with Crippen molar-refractivity contribution in [3.8, 4) is 0 Å². The van der Waals surface area contributed by atoms with Gasteiger partial charge in [-0.3, -0.25) is 4.79 Å². The summed E-state index contributed by atoms with van der Waals surface area (Å²) in [7, 11) is 0. The Morgan fingerprint density at radius 1 is 1.19 bits per heavy atom. The number of carbonyl (C=O) groups is 2. The van der Waals surface area contributed by atoms with Crippen molar-refractivity contribution in [2.24, 2.45) is 5.92 Å². The van der Waals surface area contributed by atoms with E-state index in [0.717, 1.165) is 31.2 Å². The lowest BCUT2D eigenvalue weighted by molar-refractivity contribution is -0.138. The van der Waals surface area contributed by atoms with Crippen LogP contribution in [0.1, 0.15) is 37.7 Å². The molecule has 1 saturated carbocycles. The minimum Gasteiger partial charge on any atom is -0.481 e. The number of amides is 1. The topological polar surface area (TPSA) is 75.6 Å². The fourth-order valence-electron chi connectivity index (χ4n) is 2.78. The molecular formula is C16H21NO4. The van der Waals surface area contributed by atoms with Crippen LogP contribution in [-0.2, 0) is 16.1 Å². The second-order valence-corrected chi connectivity index (χ2v) is 5.45. The first-order valence-electron chi connectivity index (χ1n) is 7.34. The van der Waals surface area contributed by atoms with Gasteiger partial charge in [0.25, 0.3) is 0 Å². The van der Waals surface area contributed by atoms with Crippen LogP contribution in [0.5, 0.6) is 0 Å². The molecule has 1 aromatic carbocycles. The Morgan fingerprint density at radius 3 is 2.62 bits per heavy atom. The third-order valence-electron chi connectivity index (χ3n) is 3.86. The highest BCUT2D eigenvalue weighted by atomic mass is 16.5. The summed E-state index contributed by atoms with van der Waals surface area (Å²) in [4.78, 5) is 22.7. The van der Waals surface area contributed by atoms with Crippen LogP contribution in [-0.4, -0.2) is 23.2 Å². The van der Waals surface area contributed by atoms with Crippen LogP contribution < -0.4 is 5.32 Å². The first-order chi connectivity index (χ1) is 10.1. The zero-order valence-corrected chi connectivity index (χ0v) is 12.0. The summed E-state index contributed by atoms with van der Waals surface area (Å²) in [6.45, 7) is 0.225. The van der Waals surface area contributed by atoms with Crippen LogP contribution in [0.4, 0.5) is 4.79 Å².